The van der Waals surface area contributed by atoms with Crippen LogP contribution in [0.1, 0.15) is 5.56 Å². The van der Waals surface area contributed by atoms with Crippen molar-refractivity contribution in [1.82, 2.24) is 5.32 Å². The molecule has 1 aliphatic rings. The van der Waals surface area contributed by atoms with Gasteiger partial charge in [0, 0.05) is 6.07 Å². The molecule has 0 bridgehead atoms. The van der Waals surface area contributed by atoms with Crippen LogP contribution in [-0.4, -0.2) is 31.7 Å². The first kappa shape index (κ1) is 16.3. The number of hydrogen-bond acceptors (Lipinski definition) is 5. The first-order valence-electron chi connectivity index (χ1n) is 7.53. The van der Waals surface area contributed by atoms with Gasteiger partial charge in [-0.15, -0.1) is 0 Å². The van der Waals surface area contributed by atoms with Gasteiger partial charge in [0.25, 0.3) is 5.91 Å². The molecule has 1 saturated heterocycles. The van der Waals surface area contributed by atoms with Gasteiger partial charge in [-0.1, -0.05) is 6.07 Å². The van der Waals surface area contributed by atoms with Crippen molar-refractivity contribution >= 4 is 17.6 Å². The van der Waals surface area contributed by atoms with Crippen LogP contribution in [0, 0.1) is 11.3 Å². The number of carbonyl (C=O) groups excluding carboxylic acids is 2. The molecule has 0 aliphatic carbocycles. The van der Waals surface area contributed by atoms with Gasteiger partial charge in [0.15, 0.2) is 6.04 Å². The van der Waals surface area contributed by atoms with Crippen LogP contribution in [0.25, 0.3) is 0 Å². The lowest BCUT2D eigenvalue weighted by Gasteiger charge is -2.22. The Kier molecular flexibility index (Phi) is 4.53. The molecule has 7 heteroatoms. The van der Waals surface area contributed by atoms with Crippen molar-refractivity contribution in [2.45, 2.75) is 6.04 Å². The number of nitrogens with one attached hydrogen (secondary N) is 1. The summed E-state index contributed by atoms with van der Waals surface area (Å²) in [6.07, 6.45) is 0. The maximum absolute atomic E-state index is 12.2. The molecule has 2 aromatic rings. The minimum absolute atomic E-state index is 0.0132. The fourth-order valence-electron chi connectivity index (χ4n) is 2.52. The van der Waals surface area contributed by atoms with Gasteiger partial charge in [0.2, 0.25) is 0 Å². The summed E-state index contributed by atoms with van der Waals surface area (Å²) in [6.45, 7) is -0.0132. The second-order valence-corrected chi connectivity index (χ2v) is 5.33. The summed E-state index contributed by atoms with van der Waals surface area (Å²) < 4.78 is 10.8. The highest BCUT2D eigenvalue weighted by Gasteiger charge is 2.40. The zero-order chi connectivity index (χ0) is 17.8. The van der Waals surface area contributed by atoms with Gasteiger partial charge < -0.3 is 9.47 Å². The molecular weight excluding hydrogens is 322 g/mol. The number of amides is 3. The monoisotopic (exact) mass is 337 g/mol. The molecule has 1 unspecified atom stereocenters. The van der Waals surface area contributed by atoms with Crippen LogP contribution in [0.5, 0.6) is 11.5 Å². The summed E-state index contributed by atoms with van der Waals surface area (Å²) in [5, 5.41) is 11.1. The second-order valence-electron chi connectivity index (χ2n) is 5.33. The van der Waals surface area contributed by atoms with E-state index in [1.54, 1.807) is 48.5 Å². The van der Waals surface area contributed by atoms with E-state index in [1.165, 1.54) is 12.0 Å². The first-order valence-corrected chi connectivity index (χ1v) is 7.53. The predicted octanol–water partition coefficient (Wildman–Crippen LogP) is 2.07. The molecule has 126 valence electrons. The fourth-order valence-corrected chi connectivity index (χ4v) is 2.52. The summed E-state index contributed by atoms with van der Waals surface area (Å²) in [7, 11) is 1.53. The van der Waals surface area contributed by atoms with Crippen LogP contribution >= 0.6 is 0 Å². The van der Waals surface area contributed by atoms with Gasteiger partial charge in [0.1, 0.15) is 18.1 Å². The molecule has 0 aromatic heterocycles. The van der Waals surface area contributed by atoms with Gasteiger partial charge in [-0.25, -0.2) is 4.79 Å². The van der Waals surface area contributed by atoms with Gasteiger partial charge >= 0.3 is 6.03 Å². The van der Waals surface area contributed by atoms with Crippen LogP contribution in [0.4, 0.5) is 10.5 Å². The molecule has 1 heterocycles. The Morgan fingerprint density at radius 3 is 2.60 bits per heavy atom. The Morgan fingerprint density at radius 1 is 1.16 bits per heavy atom. The number of anilines is 1. The maximum Gasteiger partial charge on any atom is 0.329 e. The zero-order valence-corrected chi connectivity index (χ0v) is 13.4. The minimum atomic E-state index is -0.796. The standard InChI is InChI=1S/C18H15N3O4/c1-24-15-4-2-3-13(9-15)21-16(17(22)20-18(21)23)11-25-14-7-5-12(10-19)6-8-14/h2-9,16H,11H2,1H3,(H,20,22,23). The Hall–Kier alpha value is -3.53. The number of methoxy groups -OCH3 is 1. The van der Waals surface area contributed by atoms with E-state index in [-0.39, 0.29) is 6.61 Å². The van der Waals surface area contributed by atoms with Gasteiger partial charge in [-0.2, -0.15) is 5.26 Å². The highest BCUT2D eigenvalue weighted by Crippen LogP contribution is 2.26. The third-order valence-corrected chi connectivity index (χ3v) is 3.79. The molecule has 0 radical (unpaired) electrons. The molecule has 25 heavy (non-hydrogen) atoms. The van der Waals surface area contributed by atoms with Gasteiger partial charge in [-0.05, 0) is 36.4 Å². The average molecular weight is 337 g/mol. The number of nitrogens with zero attached hydrogens (tertiary/aromatic N) is 2. The van der Waals surface area contributed by atoms with Crippen molar-refractivity contribution in [3.05, 3.63) is 54.1 Å². The summed E-state index contributed by atoms with van der Waals surface area (Å²) in [4.78, 5) is 25.6. The van der Waals surface area contributed by atoms with E-state index in [0.29, 0.717) is 22.7 Å². The van der Waals surface area contributed by atoms with Crippen molar-refractivity contribution < 1.29 is 19.1 Å². The third-order valence-electron chi connectivity index (χ3n) is 3.79. The molecule has 1 fully saturated rings. The summed E-state index contributed by atoms with van der Waals surface area (Å²) in [5.41, 5.74) is 1.05. The largest absolute Gasteiger partial charge is 0.497 e. The van der Waals surface area contributed by atoms with E-state index in [2.05, 4.69) is 5.32 Å². The van der Waals surface area contributed by atoms with Crippen molar-refractivity contribution in [2.75, 3.05) is 18.6 Å². The molecule has 1 atom stereocenters. The van der Waals surface area contributed by atoms with Crippen LogP contribution in [0.2, 0.25) is 0 Å². The normalized spacial score (nSPS) is 16.3. The number of ether oxygens (including phenoxy) is 2. The molecule has 7 nitrogen and oxygen atoms in total. The topological polar surface area (TPSA) is 91.7 Å². The number of hydrogen-bond donors (Lipinski definition) is 1. The van der Waals surface area contributed by atoms with E-state index < -0.39 is 18.0 Å². The van der Waals surface area contributed by atoms with Gasteiger partial charge in [0.05, 0.1) is 24.4 Å². The third kappa shape index (κ3) is 3.38. The maximum atomic E-state index is 12.2. The number of benzene rings is 2. The summed E-state index contributed by atoms with van der Waals surface area (Å²) >= 11 is 0. The van der Waals surface area contributed by atoms with E-state index in [0.717, 1.165) is 0 Å². The lowest BCUT2D eigenvalue weighted by Crippen LogP contribution is -2.39. The first-order chi connectivity index (χ1) is 12.1. The van der Waals surface area contributed by atoms with Crippen LogP contribution in [0.3, 0.4) is 0 Å². The van der Waals surface area contributed by atoms with Crippen LogP contribution in [0.15, 0.2) is 48.5 Å². The van der Waals surface area contributed by atoms with Crippen LogP contribution in [-0.2, 0) is 4.79 Å². The van der Waals surface area contributed by atoms with Gasteiger partial charge in [-0.3, -0.25) is 15.0 Å². The number of urea groups is 1. The molecule has 3 rings (SSSR count). The summed E-state index contributed by atoms with van der Waals surface area (Å²) in [5.74, 6) is 0.662. The summed E-state index contributed by atoms with van der Waals surface area (Å²) in [6, 6.07) is 14.1. The van der Waals surface area contributed by atoms with Crippen molar-refractivity contribution in [3.63, 3.8) is 0 Å². The highest BCUT2D eigenvalue weighted by molar-refractivity contribution is 6.14. The minimum Gasteiger partial charge on any atom is -0.497 e. The smallest absolute Gasteiger partial charge is 0.329 e. The molecule has 0 spiro atoms. The molecule has 1 aliphatic heterocycles. The fraction of sp³-hybridized carbons (Fsp3) is 0.167. The Morgan fingerprint density at radius 2 is 1.92 bits per heavy atom. The van der Waals surface area contributed by atoms with E-state index in [4.69, 9.17) is 14.7 Å². The van der Waals surface area contributed by atoms with Crippen molar-refractivity contribution in [2.24, 2.45) is 0 Å². The number of imide groups is 1. The highest BCUT2D eigenvalue weighted by atomic mass is 16.5. The molecule has 0 saturated carbocycles. The SMILES string of the molecule is COc1cccc(N2C(=O)NC(=O)C2COc2ccc(C#N)cc2)c1. The zero-order valence-electron chi connectivity index (χ0n) is 13.4. The Bertz CT molecular complexity index is 842. The van der Waals surface area contributed by atoms with Crippen molar-refractivity contribution in [3.8, 4) is 17.6 Å². The van der Waals surface area contributed by atoms with Crippen LogP contribution < -0.4 is 19.7 Å². The van der Waals surface area contributed by atoms with E-state index >= 15 is 0 Å². The average Bonchev–Trinajstić information content (AvgIpc) is 2.93. The quantitative estimate of drug-likeness (QED) is 0.843. The molecule has 2 aromatic carbocycles. The lowest BCUT2D eigenvalue weighted by atomic mass is 10.2. The van der Waals surface area contributed by atoms with E-state index in [1.807, 2.05) is 6.07 Å². The Labute approximate surface area is 144 Å². The number of carbonyl (C=O) groups is 2. The Balaban J connectivity index is 1.78. The number of rotatable bonds is 5. The lowest BCUT2D eigenvalue weighted by molar-refractivity contribution is -0.120. The van der Waals surface area contributed by atoms with Crippen molar-refractivity contribution in [1.29, 1.82) is 5.26 Å². The predicted molar refractivity (Wildman–Crippen MR) is 89.5 cm³/mol. The molecule has 3 amide bonds. The number of nitriles is 1. The molecule has 1 N–H and O–H groups in total. The van der Waals surface area contributed by atoms with E-state index in [9.17, 15) is 9.59 Å². The second kappa shape index (κ2) is 6.93. The molecular formula is C18H15N3O4.